The molecule has 11 heteroatoms. The number of phosphoric acid groups is 1. The first kappa shape index (κ1) is 52.5. The minimum Gasteiger partial charge on any atom is -0.462 e. The number of carbonyl (C=O) groups excluding carboxylic acids is 2. The highest BCUT2D eigenvalue weighted by molar-refractivity contribution is 7.47. The van der Waals surface area contributed by atoms with Gasteiger partial charge >= 0.3 is 19.8 Å². The molecule has 0 saturated heterocycles. The van der Waals surface area contributed by atoms with Crippen LogP contribution in [0.15, 0.2) is 24.3 Å². The molecule has 0 aliphatic carbocycles. The highest BCUT2D eigenvalue weighted by Gasteiger charge is 2.27. The molecule has 0 bridgehead atoms. The number of unbranched alkanes of at least 4 members (excludes halogenated alkanes) is 23. The zero-order valence-electron chi connectivity index (χ0n) is 34.4. The second-order valence-corrected chi connectivity index (χ2v) is 16.2. The van der Waals surface area contributed by atoms with Crippen LogP contribution in [0, 0.1) is 0 Å². The predicted octanol–water partition coefficient (Wildman–Crippen LogP) is 11.4. The Labute approximate surface area is 329 Å². The van der Waals surface area contributed by atoms with E-state index in [1.807, 2.05) is 0 Å². The topological polar surface area (TPSA) is 149 Å². The molecule has 3 N–H and O–H groups in total. The van der Waals surface area contributed by atoms with Gasteiger partial charge in [0.25, 0.3) is 0 Å². The molecule has 0 rings (SSSR count). The van der Waals surface area contributed by atoms with E-state index in [0.29, 0.717) is 12.8 Å². The van der Waals surface area contributed by atoms with Crippen LogP contribution in [0.4, 0.5) is 0 Å². The zero-order chi connectivity index (χ0) is 39.8. The third kappa shape index (κ3) is 38.7. The second-order valence-electron chi connectivity index (χ2n) is 14.7. The monoisotopic (exact) mass is 789 g/mol. The normalized spacial score (nSPS) is 14.1. The molecule has 0 radical (unpaired) electrons. The Balaban J connectivity index is 4.31. The van der Waals surface area contributed by atoms with Crippen molar-refractivity contribution in [2.24, 2.45) is 0 Å². The third-order valence-electron chi connectivity index (χ3n) is 9.33. The van der Waals surface area contributed by atoms with E-state index < -0.39 is 51.8 Å². The summed E-state index contributed by atoms with van der Waals surface area (Å²) in [6, 6.07) is 0. The van der Waals surface area contributed by atoms with E-state index in [-0.39, 0.29) is 19.4 Å². The van der Waals surface area contributed by atoms with Gasteiger partial charge in [-0.15, -0.1) is 0 Å². The molecule has 3 atom stereocenters. The van der Waals surface area contributed by atoms with Gasteiger partial charge in [-0.25, -0.2) is 4.57 Å². The fourth-order valence-electron chi connectivity index (χ4n) is 5.92. The number of phosphoric ester groups is 1. The molecule has 0 aliphatic rings. The Morgan fingerprint density at radius 1 is 0.537 bits per heavy atom. The van der Waals surface area contributed by atoms with Crippen LogP contribution >= 0.6 is 7.82 Å². The highest BCUT2D eigenvalue weighted by Crippen LogP contribution is 2.43. The van der Waals surface area contributed by atoms with Gasteiger partial charge in [-0.3, -0.25) is 18.6 Å². The van der Waals surface area contributed by atoms with Crippen molar-refractivity contribution in [2.45, 2.75) is 212 Å². The van der Waals surface area contributed by atoms with Crippen LogP contribution in [0.5, 0.6) is 0 Å². The zero-order valence-corrected chi connectivity index (χ0v) is 35.3. The van der Waals surface area contributed by atoms with Crippen molar-refractivity contribution < 1.29 is 47.8 Å². The number of carbonyl (C=O) groups is 2. The molecule has 0 fully saturated rings. The largest absolute Gasteiger partial charge is 0.472 e. The number of rotatable bonds is 41. The average molecular weight is 789 g/mol. The SMILES string of the molecule is CCCCCCCC/C=C\CCCCCCCC(=O)OCC(COP(=O)(O)OCC(O)CO)OC(=O)CCCCCCC/C=C\CCCCCCCCC. The third-order valence-corrected chi connectivity index (χ3v) is 10.3. The van der Waals surface area contributed by atoms with E-state index in [4.69, 9.17) is 19.1 Å². The fraction of sp³-hybridized carbons (Fsp3) is 0.860. The minimum atomic E-state index is -4.62. The van der Waals surface area contributed by atoms with E-state index in [0.717, 1.165) is 70.6 Å². The number of esters is 2. The maximum absolute atomic E-state index is 12.6. The summed E-state index contributed by atoms with van der Waals surface area (Å²) in [5, 5.41) is 18.3. The summed E-state index contributed by atoms with van der Waals surface area (Å²) in [4.78, 5) is 35.0. The van der Waals surface area contributed by atoms with E-state index >= 15 is 0 Å². The van der Waals surface area contributed by atoms with Gasteiger partial charge in [0.2, 0.25) is 0 Å². The number of allylic oxidation sites excluding steroid dienone is 4. The van der Waals surface area contributed by atoms with E-state index in [2.05, 4.69) is 42.7 Å². The van der Waals surface area contributed by atoms with Crippen LogP contribution in [0.1, 0.15) is 200 Å². The van der Waals surface area contributed by atoms with Crippen LogP contribution in [0.2, 0.25) is 0 Å². The number of ether oxygens (including phenoxy) is 2. The average Bonchev–Trinajstić information content (AvgIpc) is 3.16. The molecule has 54 heavy (non-hydrogen) atoms. The molecule has 0 saturated carbocycles. The van der Waals surface area contributed by atoms with Crippen molar-refractivity contribution in [3.05, 3.63) is 24.3 Å². The number of hydrogen-bond donors (Lipinski definition) is 3. The standard InChI is InChI=1S/C43H81O10P/c1-3-5-7-9-11-13-15-17-19-21-23-25-27-29-31-33-35-43(47)53-41(39-52-54(48,49)51-37-40(45)36-44)38-50-42(46)34-32-30-28-26-24-22-20-18-16-14-12-10-8-6-4-2/h18-21,40-41,44-45H,3-17,22-39H2,1-2H3,(H,48,49)/b20-18-,21-19-. The van der Waals surface area contributed by atoms with Gasteiger partial charge in [-0.05, 0) is 64.2 Å². The quantitative estimate of drug-likeness (QED) is 0.0236. The van der Waals surface area contributed by atoms with Crippen LogP contribution in [0.25, 0.3) is 0 Å². The molecule has 3 unspecified atom stereocenters. The first-order valence-electron chi connectivity index (χ1n) is 21.8. The molecule has 0 aromatic rings. The summed E-state index contributed by atoms with van der Waals surface area (Å²) in [7, 11) is -4.62. The Morgan fingerprint density at radius 2 is 0.907 bits per heavy atom. The summed E-state index contributed by atoms with van der Waals surface area (Å²) in [6.07, 6.45) is 38.5. The van der Waals surface area contributed by atoms with E-state index in [1.54, 1.807) is 0 Å². The van der Waals surface area contributed by atoms with Gasteiger partial charge in [-0.1, -0.05) is 147 Å². The van der Waals surface area contributed by atoms with E-state index in [1.165, 1.54) is 89.9 Å². The summed E-state index contributed by atoms with van der Waals surface area (Å²) >= 11 is 0. The maximum Gasteiger partial charge on any atom is 0.472 e. The van der Waals surface area contributed by atoms with Crippen LogP contribution in [-0.4, -0.2) is 65.7 Å². The highest BCUT2D eigenvalue weighted by atomic mass is 31.2. The maximum atomic E-state index is 12.6. The first-order valence-corrected chi connectivity index (χ1v) is 23.3. The van der Waals surface area contributed by atoms with Crippen molar-refractivity contribution in [1.29, 1.82) is 0 Å². The van der Waals surface area contributed by atoms with Crippen LogP contribution in [-0.2, 0) is 32.7 Å². The van der Waals surface area contributed by atoms with Gasteiger partial charge in [0.1, 0.15) is 12.7 Å². The lowest BCUT2D eigenvalue weighted by atomic mass is 10.1. The molecule has 0 amide bonds. The Bertz CT molecular complexity index is 957. The lowest BCUT2D eigenvalue weighted by molar-refractivity contribution is -0.161. The molecule has 0 aliphatic heterocycles. The lowest BCUT2D eigenvalue weighted by Crippen LogP contribution is -2.29. The predicted molar refractivity (Wildman–Crippen MR) is 219 cm³/mol. The summed E-state index contributed by atoms with van der Waals surface area (Å²) in [6.45, 7) is 2.36. The fourth-order valence-corrected chi connectivity index (χ4v) is 6.71. The van der Waals surface area contributed by atoms with Crippen molar-refractivity contribution in [1.82, 2.24) is 0 Å². The Morgan fingerprint density at radius 3 is 1.33 bits per heavy atom. The van der Waals surface area contributed by atoms with E-state index in [9.17, 15) is 24.2 Å². The summed E-state index contributed by atoms with van der Waals surface area (Å²) < 4.78 is 32.7. The minimum absolute atomic E-state index is 0.174. The molecule has 318 valence electrons. The van der Waals surface area contributed by atoms with Gasteiger partial charge in [-0.2, -0.15) is 0 Å². The number of hydrogen-bond acceptors (Lipinski definition) is 9. The molecule has 0 aromatic heterocycles. The molecule has 0 spiro atoms. The Hall–Kier alpha value is -1.55. The number of aliphatic hydroxyl groups is 2. The van der Waals surface area contributed by atoms with Gasteiger partial charge in [0.05, 0.1) is 19.8 Å². The van der Waals surface area contributed by atoms with Crippen molar-refractivity contribution in [2.75, 3.05) is 26.4 Å². The molecular weight excluding hydrogens is 707 g/mol. The van der Waals surface area contributed by atoms with Crippen LogP contribution in [0.3, 0.4) is 0 Å². The second kappa shape index (κ2) is 39.7. The van der Waals surface area contributed by atoms with Crippen molar-refractivity contribution in [3.63, 3.8) is 0 Å². The summed E-state index contributed by atoms with van der Waals surface area (Å²) in [5.74, 6) is -0.939. The smallest absolute Gasteiger partial charge is 0.462 e. The van der Waals surface area contributed by atoms with Gasteiger partial charge < -0.3 is 24.6 Å². The molecule has 0 aromatic carbocycles. The molecular formula is C43H81O10P. The van der Waals surface area contributed by atoms with Crippen molar-refractivity contribution >= 4 is 19.8 Å². The molecule has 0 heterocycles. The lowest BCUT2D eigenvalue weighted by Gasteiger charge is -2.20. The Kier molecular flexibility index (Phi) is 38.5. The molecule has 10 nitrogen and oxygen atoms in total. The van der Waals surface area contributed by atoms with Gasteiger partial charge in [0, 0.05) is 12.8 Å². The summed E-state index contributed by atoms with van der Waals surface area (Å²) in [5.41, 5.74) is 0. The van der Waals surface area contributed by atoms with Gasteiger partial charge in [0.15, 0.2) is 6.10 Å². The number of aliphatic hydroxyl groups excluding tert-OH is 2. The van der Waals surface area contributed by atoms with Crippen LogP contribution < -0.4 is 0 Å². The van der Waals surface area contributed by atoms with Crippen molar-refractivity contribution in [3.8, 4) is 0 Å². The first-order chi connectivity index (χ1) is 26.2.